The van der Waals surface area contributed by atoms with Gasteiger partial charge in [0.2, 0.25) is 0 Å². The Morgan fingerprint density at radius 3 is 2.63 bits per heavy atom. The average Bonchev–Trinajstić information content (AvgIpc) is 2.65. The number of hydrogen-bond donors (Lipinski definition) is 1. The third-order valence-corrected chi connectivity index (χ3v) is 3.46. The minimum atomic E-state index is -4.47. The summed E-state index contributed by atoms with van der Waals surface area (Å²) in [7, 11) is 0. The number of anilines is 1. The van der Waals surface area contributed by atoms with Gasteiger partial charge in [-0.25, -0.2) is 0 Å². The summed E-state index contributed by atoms with van der Waals surface area (Å²) in [6.07, 6.45) is -5.73. The van der Waals surface area contributed by atoms with Gasteiger partial charge in [-0.05, 0) is 18.2 Å². The fourth-order valence-electron chi connectivity index (χ4n) is 2.00. The van der Waals surface area contributed by atoms with E-state index in [9.17, 15) is 23.1 Å². The van der Waals surface area contributed by atoms with Gasteiger partial charge in [0.05, 0.1) is 5.56 Å². The van der Waals surface area contributed by atoms with E-state index in [1.165, 1.54) is 12.1 Å². The molecule has 7 heteroatoms. The van der Waals surface area contributed by atoms with E-state index in [4.69, 9.17) is 11.6 Å². The lowest BCUT2D eigenvalue weighted by Crippen LogP contribution is -2.29. The van der Waals surface area contributed by atoms with Crippen LogP contribution in [-0.2, 0) is 11.0 Å². The summed E-state index contributed by atoms with van der Waals surface area (Å²) < 4.78 is 37.8. The summed E-state index contributed by atoms with van der Waals surface area (Å²) in [6.45, 7) is 0.116. The number of amides is 1. The number of nitrogens with zero attached hydrogens (tertiary/aromatic N) is 1. The van der Waals surface area contributed by atoms with Crippen LogP contribution in [0.3, 0.4) is 0 Å². The van der Waals surface area contributed by atoms with Gasteiger partial charge in [-0.3, -0.25) is 4.79 Å². The van der Waals surface area contributed by atoms with E-state index in [0.717, 1.165) is 17.0 Å². The number of aliphatic hydroxyl groups is 1. The maximum atomic E-state index is 12.6. The number of carbonyl (C=O) groups is 1. The van der Waals surface area contributed by atoms with Crippen LogP contribution in [0.4, 0.5) is 18.9 Å². The number of halogens is 4. The predicted molar refractivity (Wildman–Crippen MR) is 64.0 cm³/mol. The van der Waals surface area contributed by atoms with Crippen LogP contribution in [0.25, 0.3) is 0 Å². The molecule has 0 bridgehead atoms. The Kier molecular flexibility index (Phi) is 3.73. The second-order valence-corrected chi connectivity index (χ2v) is 4.66. The summed E-state index contributed by atoms with van der Waals surface area (Å²) in [6, 6.07) is 4.45. The Hall–Kier alpha value is -1.27. The number of alkyl halides is 4. The van der Waals surface area contributed by atoms with Crippen LogP contribution in [0, 0.1) is 5.92 Å². The van der Waals surface area contributed by atoms with Crippen molar-refractivity contribution >= 4 is 23.2 Å². The molecule has 1 heterocycles. The molecule has 0 spiro atoms. The van der Waals surface area contributed by atoms with E-state index < -0.39 is 29.7 Å². The van der Waals surface area contributed by atoms with Crippen LogP contribution in [0.15, 0.2) is 24.3 Å². The fraction of sp³-hybridized carbons (Fsp3) is 0.417. The predicted octanol–water partition coefficient (Wildman–Crippen LogP) is 2.27. The van der Waals surface area contributed by atoms with E-state index >= 15 is 0 Å². The first-order valence-corrected chi connectivity index (χ1v) is 6.10. The molecule has 0 aromatic heterocycles. The third kappa shape index (κ3) is 2.69. The molecule has 1 aliphatic heterocycles. The highest BCUT2D eigenvalue weighted by Gasteiger charge is 2.40. The summed E-state index contributed by atoms with van der Waals surface area (Å²) in [5.41, 5.74) is -0.715. The second kappa shape index (κ2) is 5.02. The molecule has 1 N–H and O–H groups in total. The maximum absolute atomic E-state index is 12.6. The van der Waals surface area contributed by atoms with Gasteiger partial charge >= 0.3 is 6.18 Å². The molecule has 0 aliphatic carbocycles. The number of benzene rings is 1. The van der Waals surface area contributed by atoms with Gasteiger partial charge in [0.1, 0.15) is 6.10 Å². The van der Waals surface area contributed by atoms with Gasteiger partial charge in [-0.2, -0.15) is 13.2 Å². The highest BCUT2D eigenvalue weighted by molar-refractivity contribution is 6.18. The Bertz CT molecular complexity index is 492. The van der Waals surface area contributed by atoms with E-state index in [1.54, 1.807) is 0 Å². The van der Waals surface area contributed by atoms with Crippen LogP contribution in [-0.4, -0.2) is 29.5 Å². The Balaban J connectivity index is 2.31. The molecular formula is C12H11ClF3NO2. The molecule has 1 aromatic carbocycles. The smallest absolute Gasteiger partial charge is 0.383 e. The molecular weight excluding hydrogens is 283 g/mol. The van der Waals surface area contributed by atoms with Crippen molar-refractivity contribution in [3.63, 3.8) is 0 Å². The van der Waals surface area contributed by atoms with E-state index in [-0.39, 0.29) is 18.1 Å². The average molecular weight is 294 g/mol. The highest BCUT2D eigenvalue weighted by atomic mass is 35.5. The summed E-state index contributed by atoms with van der Waals surface area (Å²) in [4.78, 5) is 12.9. The van der Waals surface area contributed by atoms with Crippen LogP contribution in [0.1, 0.15) is 5.56 Å². The Labute approximate surface area is 112 Å². The van der Waals surface area contributed by atoms with Crippen molar-refractivity contribution in [1.82, 2.24) is 0 Å². The molecule has 2 atom stereocenters. The van der Waals surface area contributed by atoms with Crippen LogP contribution >= 0.6 is 11.6 Å². The second-order valence-electron chi connectivity index (χ2n) is 4.36. The SMILES string of the molecule is O=C1C(O)C(CCl)CN1c1cccc(C(F)(F)F)c1. The molecule has 2 unspecified atom stereocenters. The quantitative estimate of drug-likeness (QED) is 0.850. The van der Waals surface area contributed by atoms with Gasteiger partial charge in [-0.1, -0.05) is 6.07 Å². The van der Waals surface area contributed by atoms with Crippen molar-refractivity contribution in [2.24, 2.45) is 5.92 Å². The lowest BCUT2D eigenvalue weighted by Gasteiger charge is -2.17. The standard InChI is InChI=1S/C12H11ClF3NO2/c13-5-7-6-17(11(19)10(7)18)9-3-1-2-8(4-9)12(14,15)16/h1-4,7,10,18H,5-6H2. The first-order chi connectivity index (χ1) is 8.84. The normalized spacial score (nSPS) is 24.1. The zero-order chi connectivity index (χ0) is 14.2. The van der Waals surface area contributed by atoms with E-state index in [0.29, 0.717) is 0 Å². The van der Waals surface area contributed by atoms with Crippen LogP contribution in [0.2, 0.25) is 0 Å². The lowest BCUT2D eigenvalue weighted by molar-refractivity contribution is -0.137. The van der Waals surface area contributed by atoms with Gasteiger partial charge in [0, 0.05) is 24.0 Å². The zero-order valence-electron chi connectivity index (χ0n) is 9.69. The molecule has 1 aliphatic rings. The van der Waals surface area contributed by atoms with Gasteiger partial charge in [0.25, 0.3) is 5.91 Å². The highest BCUT2D eigenvalue weighted by Crippen LogP contribution is 2.33. The first-order valence-electron chi connectivity index (χ1n) is 5.57. The fourth-order valence-corrected chi connectivity index (χ4v) is 2.27. The molecule has 3 nitrogen and oxygen atoms in total. The van der Waals surface area contributed by atoms with Crippen molar-refractivity contribution in [3.8, 4) is 0 Å². The summed E-state index contributed by atoms with van der Waals surface area (Å²) >= 11 is 5.61. The molecule has 1 aromatic rings. The minimum Gasteiger partial charge on any atom is -0.383 e. The third-order valence-electron chi connectivity index (χ3n) is 3.07. The first kappa shape index (κ1) is 14.1. The van der Waals surface area contributed by atoms with Crippen molar-refractivity contribution in [3.05, 3.63) is 29.8 Å². The monoisotopic (exact) mass is 293 g/mol. The van der Waals surface area contributed by atoms with Crippen molar-refractivity contribution in [2.45, 2.75) is 12.3 Å². The maximum Gasteiger partial charge on any atom is 0.416 e. The minimum absolute atomic E-state index is 0.0718. The lowest BCUT2D eigenvalue weighted by atomic mass is 10.1. The summed E-state index contributed by atoms with van der Waals surface area (Å²) in [5.74, 6) is -1.02. The van der Waals surface area contributed by atoms with Gasteiger partial charge in [0.15, 0.2) is 0 Å². The Morgan fingerprint density at radius 1 is 1.42 bits per heavy atom. The molecule has 1 amide bonds. The molecule has 19 heavy (non-hydrogen) atoms. The van der Waals surface area contributed by atoms with Gasteiger partial charge in [-0.15, -0.1) is 11.6 Å². The molecule has 0 saturated carbocycles. The van der Waals surface area contributed by atoms with E-state index in [1.807, 2.05) is 0 Å². The van der Waals surface area contributed by atoms with Crippen molar-refractivity contribution in [1.29, 1.82) is 0 Å². The summed E-state index contributed by atoms with van der Waals surface area (Å²) in [5, 5.41) is 9.62. The van der Waals surface area contributed by atoms with Crippen molar-refractivity contribution in [2.75, 3.05) is 17.3 Å². The number of hydrogen-bond acceptors (Lipinski definition) is 2. The van der Waals surface area contributed by atoms with Gasteiger partial charge < -0.3 is 10.0 Å². The molecule has 2 rings (SSSR count). The van der Waals surface area contributed by atoms with E-state index in [2.05, 4.69) is 0 Å². The molecule has 104 valence electrons. The largest absolute Gasteiger partial charge is 0.416 e. The topological polar surface area (TPSA) is 40.5 Å². The molecule has 1 saturated heterocycles. The number of carbonyl (C=O) groups excluding carboxylic acids is 1. The molecule has 0 radical (unpaired) electrons. The van der Waals surface area contributed by atoms with Crippen LogP contribution < -0.4 is 4.90 Å². The van der Waals surface area contributed by atoms with Crippen molar-refractivity contribution < 1.29 is 23.1 Å². The Morgan fingerprint density at radius 2 is 2.11 bits per heavy atom. The zero-order valence-corrected chi connectivity index (χ0v) is 10.4. The number of aliphatic hydroxyl groups excluding tert-OH is 1. The number of rotatable bonds is 2. The van der Waals surface area contributed by atoms with Crippen LogP contribution in [0.5, 0.6) is 0 Å². The molecule has 1 fully saturated rings.